The molecule has 0 aromatic carbocycles. The topological polar surface area (TPSA) is 73.0 Å². The van der Waals surface area contributed by atoms with Crippen LogP contribution in [0.3, 0.4) is 0 Å². The number of hydrogen-bond donors (Lipinski definition) is 1. The molecular formula is C10H16N4O2. The molecule has 88 valence electrons. The molecule has 0 saturated carbocycles. The van der Waals surface area contributed by atoms with E-state index in [2.05, 4.69) is 10.4 Å². The highest BCUT2D eigenvalue weighted by Gasteiger charge is 2.20. The van der Waals surface area contributed by atoms with Crippen molar-refractivity contribution in [2.75, 3.05) is 13.1 Å². The van der Waals surface area contributed by atoms with Gasteiger partial charge in [-0.25, -0.2) is 0 Å². The third kappa shape index (κ3) is 2.38. The molecule has 0 unspecified atom stereocenters. The summed E-state index contributed by atoms with van der Waals surface area (Å²) in [5, 5.41) is 17.9. The molecule has 0 bridgehead atoms. The Kier molecular flexibility index (Phi) is 3.19. The molecule has 16 heavy (non-hydrogen) atoms. The largest absolute Gasteiger partial charge is 0.392 e. The molecule has 0 radical (unpaired) electrons. The van der Waals surface area contributed by atoms with Crippen LogP contribution in [0.1, 0.15) is 18.4 Å². The van der Waals surface area contributed by atoms with Gasteiger partial charge in [-0.3, -0.25) is 0 Å². The molecule has 1 N–H and O–H groups in total. The van der Waals surface area contributed by atoms with Gasteiger partial charge in [-0.05, 0) is 43.7 Å². The maximum atomic E-state index is 10.6. The minimum absolute atomic E-state index is 0.0195. The van der Waals surface area contributed by atoms with Crippen LogP contribution < -0.4 is 5.32 Å². The molecule has 6 heteroatoms. The standard InChI is InChI=1S/C10H16N4O2/c1-8-6-13(12-10(8)14(15)16)7-9-2-4-11-5-3-9/h6,9,11H,2-5,7H2,1H3. The van der Waals surface area contributed by atoms with Crippen LogP contribution in [0.5, 0.6) is 0 Å². The van der Waals surface area contributed by atoms with Gasteiger partial charge in [-0.2, -0.15) is 4.68 Å². The normalized spacial score (nSPS) is 17.6. The zero-order valence-corrected chi connectivity index (χ0v) is 9.35. The minimum Gasteiger partial charge on any atom is -0.358 e. The predicted octanol–water partition coefficient (Wildman–Crippen LogP) is 1.10. The van der Waals surface area contributed by atoms with Crippen molar-refractivity contribution in [3.05, 3.63) is 21.9 Å². The third-order valence-electron chi connectivity index (χ3n) is 3.00. The van der Waals surface area contributed by atoms with Gasteiger partial charge < -0.3 is 15.4 Å². The Hall–Kier alpha value is -1.43. The van der Waals surface area contributed by atoms with Gasteiger partial charge in [-0.15, -0.1) is 0 Å². The first-order chi connectivity index (χ1) is 7.66. The van der Waals surface area contributed by atoms with Crippen LogP contribution in [0.25, 0.3) is 0 Å². The Bertz CT molecular complexity index is 382. The average molecular weight is 224 g/mol. The molecule has 1 aromatic heterocycles. The summed E-state index contributed by atoms with van der Waals surface area (Å²) in [5.41, 5.74) is 0.638. The molecule has 2 heterocycles. The monoisotopic (exact) mass is 224 g/mol. The summed E-state index contributed by atoms with van der Waals surface area (Å²) in [6, 6.07) is 0. The summed E-state index contributed by atoms with van der Waals surface area (Å²) in [5.74, 6) is 0.564. The highest BCUT2D eigenvalue weighted by atomic mass is 16.6. The minimum atomic E-state index is -0.422. The zero-order valence-electron chi connectivity index (χ0n) is 9.35. The van der Waals surface area contributed by atoms with Gasteiger partial charge in [-0.1, -0.05) is 0 Å². The molecule has 0 spiro atoms. The van der Waals surface area contributed by atoms with E-state index < -0.39 is 4.92 Å². The summed E-state index contributed by atoms with van der Waals surface area (Å²) in [6.07, 6.45) is 4.00. The molecule has 2 rings (SSSR count). The van der Waals surface area contributed by atoms with Crippen LogP contribution in [-0.2, 0) is 6.54 Å². The van der Waals surface area contributed by atoms with Crippen LogP contribution in [0, 0.1) is 23.0 Å². The smallest absolute Gasteiger partial charge is 0.358 e. The SMILES string of the molecule is Cc1cn(CC2CCNCC2)nc1[N+](=O)[O-]. The fourth-order valence-electron chi connectivity index (χ4n) is 2.11. The quantitative estimate of drug-likeness (QED) is 0.616. The van der Waals surface area contributed by atoms with E-state index in [1.165, 1.54) is 0 Å². The lowest BCUT2D eigenvalue weighted by molar-refractivity contribution is -0.390. The lowest BCUT2D eigenvalue weighted by Gasteiger charge is -2.21. The van der Waals surface area contributed by atoms with Crippen LogP contribution in [-0.4, -0.2) is 27.8 Å². The molecular weight excluding hydrogens is 208 g/mol. The summed E-state index contributed by atoms with van der Waals surface area (Å²) < 4.78 is 1.71. The maximum absolute atomic E-state index is 10.6. The average Bonchev–Trinajstić information content (AvgIpc) is 2.61. The number of nitro groups is 1. The number of hydrogen-bond acceptors (Lipinski definition) is 4. The maximum Gasteiger partial charge on any atom is 0.392 e. The first-order valence-electron chi connectivity index (χ1n) is 5.56. The van der Waals surface area contributed by atoms with E-state index in [-0.39, 0.29) is 5.82 Å². The van der Waals surface area contributed by atoms with Gasteiger partial charge in [0.2, 0.25) is 0 Å². The molecule has 1 aliphatic rings. The van der Waals surface area contributed by atoms with E-state index in [1.807, 2.05) is 0 Å². The van der Waals surface area contributed by atoms with Gasteiger partial charge >= 0.3 is 5.82 Å². The second-order valence-electron chi connectivity index (χ2n) is 4.31. The van der Waals surface area contributed by atoms with E-state index in [0.717, 1.165) is 32.5 Å². The second-order valence-corrected chi connectivity index (χ2v) is 4.31. The number of rotatable bonds is 3. The lowest BCUT2D eigenvalue weighted by atomic mass is 9.98. The van der Waals surface area contributed by atoms with Crippen molar-refractivity contribution < 1.29 is 4.92 Å². The first-order valence-corrected chi connectivity index (χ1v) is 5.56. The first kappa shape index (κ1) is 11.1. The van der Waals surface area contributed by atoms with Gasteiger partial charge in [0.1, 0.15) is 0 Å². The number of aryl methyl sites for hydroxylation is 1. The van der Waals surface area contributed by atoms with Crippen LogP contribution >= 0.6 is 0 Å². The Morgan fingerprint density at radius 3 is 2.88 bits per heavy atom. The Morgan fingerprint density at radius 1 is 1.62 bits per heavy atom. The number of piperidine rings is 1. The highest BCUT2D eigenvalue weighted by Crippen LogP contribution is 2.18. The Balaban J connectivity index is 2.03. The van der Waals surface area contributed by atoms with Crippen LogP contribution in [0.2, 0.25) is 0 Å². The Labute approximate surface area is 93.8 Å². The van der Waals surface area contributed by atoms with Crippen molar-refractivity contribution in [1.82, 2.24) is 15.1 Å². The van der Waals surface area contributed by atoms with Gasteiger partial charge in [0.05, 0.1) is 23.4 Å². The number of nitrogens with zero attached hydrogens (tertiary/aromatic N) is 3. The van der Waals surface area contributed by atoms with Crippen LogP contribution in [0.15, 0.2) is 6.20 Å². The summed E-state index contributed by atoms with van der Waals surface area (Å²) in [4.78, 5) is 10.2. The summed E-state index contributed by atoms with van der Waals surface area (Å²) >= 11 is 0. The van der Waals surface area contributed by atoms with Crippen LogP contribution in [0.4, 0.5) is 5.82 Å². The number of nitrogens with one attached hydrogen (secondary N) is 1. The fourth-order valence-corrected chi connectivity index (χ4v) is 2.11. The molecule has 1 aromatic rings. The van der Waals surface area contributed by atoms with Crippen molar-refractivity contribution in [1.29, 1.82) is 0 Å². The highest BCUT2D eigenvalue weighted by molar-refractivity contribution is 5.27. The van der Waals surface area contributed by atoms with E-state index in [0.29, 0.717) is 11.5 Å². The van der Waals surface area contributed by atoms with Crippen molar-refractivity contribution in [3.63, 3.8) is 0 Å². The van der Waals surface area contributed by atoms with Gasteiger partial charge in [0.15, 0.2) is 0 Å². The lowest BCUT2D eigenvalue weighted by Crippen LogP contribution is -2.30. The zero-order chi connectivity index (χ0) is 11.5. The van der Waals surface area contributed by atoms with Crippen molar-refractivity contribution in [2.24, 2.45) is 5.92 Å². The van der Waals surface area contributed by atoms with Crippen molar-refractivity contribution in [3.8, 4) is 0 Å². The molecule has 1 aliphatic heterocycles. The van der Waals surface area contributed by atoms with E-state index in [4.69, 9.17) is 0 Å². The van der Waals surface area contributed by atoms with Gasteiger partial charge in [0.25, 0.3) is 0 Å². The van der Waals surface area contributed by atoms with E-state index in [9.17, 15) is 10.1 Å². The molecule has 6 nitrogen and oxygen atoms in total. The molecule has 0 amide bonds. The molecule has 0 atom stereocenters. The fraction of sp³-hybridized carbons (Fsp3) is 0.700. The molecule has 1 fully saturated rings. The molecule has 0 aliphatic carbocycles. The summed E-state index contributed by atoms with van der Waals surface area (Å²) in [7, 11) is 0. The number of aromatic nitrogens is 2. The predicted molar refractivity (Wildman–Crippen MR) is 59.2 cm³/mol. The summed E-state index contributed by atoms with van der Waals surface area (Å²) in [6.45, 7) is 4.58. The van der Waals surface area contributed by atoms with Crippen molar-refractivity contribution >= 4 is 5.82 Å². The van der Waals surface area contributed by atoms with Crippen molar-refractivity contribution in [2.45, 2.75) is 26.3 Å². The Morgan fingerprint density at radius 2 is 2.31 bits per heavy atom. The molecule has 1 saturated heterocycles. The third-order valence-corrected chi connectivity index (χ3v) is 3.00. The van der Waals surface area contributed by atoms with E-state index >= 15 is 0 Å². The second kappa shape index (κ2) is 4.61. The van der Waals surface area contributed by atoms with E-state index in [1.54, 1.807) is 17.8 Å². The van der Waals surface area contributed by atoms with Gasteiger partial charge in [0, 0.05) is 0 Å².